The van der Waals surface area contributed by atoms with Gasteiger partial charge in [-0.15, -0.1) is 11.8 Å². The van der Waals surface area contributed by atoms with E-state index in [-0.39, 0.29) is 0 Å². The lowest BCUT2D eigenvalue weighted by Crippen LogP contribution is -2.16. The molecule has 0 spiro atoms. The number of nitrogens with zero attached hydrogens (tertiary/aromatic N) is 1. The first-order valence-corrected chi connectivity index (χ1v) is 4.93. The van der Waals surface area contributed by atoms with Crippen LogP contribution in [0.15, 0.2) is 10.6 Å². The van der Waals surface area contributed by atoms with Crippen molar-refractivity contribution in [2.24, 2.45) is 0 Å². The van der Waals surface area contributed by atoms with Crippen molar-refractivity contribution in [3.8, 4) is 0 Å². The molecule has 0 aromatic heterocycles. The van der Waals surface area contributed by atoms with Gasteiger partial charge in [-0.2, -0.15) is 0 Å². The molecule has 1 aliphatic rings. The van der Waals surface area contributed by atoms with Crippen LogP contribution in [0.1, 0.15) is 20.3 Å². The van der Waals surface area contributed by atoms with Crippen molar-refractivity contribution in [1.29, 1.82) is 1.43 Å². The van der Waals surface area contributed by atoms with Gasteiger partial charge >= 0.3 is 0 Å². The van der Waals surface area contributed by atoms with Crippen LogP contribution in [0, 0.1) is 0 Å². The molecule has 0 aromatic rings. The zero-order chi connectivity index (χ0) is 8.97. The third-order valence-electron chi connectivity index (χ3n) is 1.98. The lowest BCUT2D eigenvalue weighted by atomic mass is 10.3. The van der Waals surface area contributed by atoms with Gasteiger partial charge in [0.15, 0.2) is 0 Å². The average Bonchev–Trinajstić information content (AvgIpc) is 2.43. The molecule has 1 heterocycles. The van der Waals surface area contributed by atoms with Crippen LogP contribution in [0.4, 0.5) is 0 Å². The first-order valence-electron chi connectivity index (χ1n) is 4.36. The minimum atomic E-state index is 0.511. The predicted molar refractivity (Wildman–Crippen MR) is 49.2 cm³/mol. The third kappa shape index (κ3) is 1.91. The Bertz CT molecular complexity index is 184. The van der Waals surface area contributed by atoms with E-state index >= 15 is 0 Å². The van der Waals surface area contributed by atoms with Crippen LogP contribution in [-0.4, -0.2) is 30.5 Å². The van der Waals surface area contributed by atoms with Crippen LogP contribution >= 0.6 is 11.8 Å². The topological polar surface area (TPSA) is 23.5 Å². The summed E-state index contributed by atoms with van der Waals surface area (Å²) in [6.07, 6.45) is 0.885. The van der Waals surface area contributed by atoms with E-state index in [1.807, 2.05) is 11.8 Å². The number of rotatable bonds is 4. The standard InChI is InChI=1S/C8H15NOS/c1-3-9-6-11-8(4-5-10)7(9)2/h10H,3-6H2,1-2H3/i10D. The third-order valence-corrected chi connectivity index (χ3v) is 3.27. The highest BCUT2D eigenvalue weighted by molar-refractivity contribution is 8.03. The summed E-state index contributed by atoms with van der Waals surface area (Å²) in [5.41, 5.74) is 1.36. The van der Waals surface area contributed by atoms with E-state index in [1.165, 1.54) is 10.6 Å². The normalized spacial score (nSPS) is 19.5. The van der Waals surface area contributed by atoms with Crippen molar-refractivity contribution >= 4 is 11.8 Å². The maximum atomic E-state index is 6.58. The Morgan fingerprint density at radius 3 is 3.18 bits per heavy atom. The highest BCUT2D eigenvalue weighted by Gasteiger charge is 2.16. The second-order valence-corrected chi connectivity index (χ2v) is 3.63. The molecule has 2 nitrogen and oxygen atoms in total. The highest BCUT2D eigenvalue weighted by atomic mass is 32.2. The van der Waals surface area contributed by atoms with E-state index in [0.717, 1.165) is 18.8 Å². The van der Waals surface area contributed by atoms with Crippen LogP contribution in [-0.2, 0) is 0 Å². The van der Waals surface area contributed by atoms with Gasteiger partial charge in [0, 0.05) is 30.2 Å². The molecule has 64 valence electrons. The van der Waals surface area contributed by atoms with Gasteiger partial charge in [-0.25, -0.2) is 0 Å². The highest BCUT2D eigenvalue weighted by Crippen LogP contribution is 2.32. The molecular weight excluding hydrogens is 158 g/mol. The minimum Gasteiger partial charge on any atom is -0.396 e. The van der Waals surface area contributed by atoms with E-state index in [4.69, 9.17) is 1.43 Å². The zero-order valence-corrected chi connectivity index (χ0v) is 7.91. The molecule has 0 atom stereocenters. The monoisotopic (exact) mass is 174 g/mol. The molecule has 3 heteroatoms. The summed E-state index contributed by atoms with van der Waals surface area (Å²) >= 11 is 1.87. The molecular formula is C8H15NOS. The summed E-state index contributed by atoms with van der Waals surface area (Å²) in [5, 5.41) is 4.30. The molecule has 11 heavy (non-hydrogen) atoms. The van der Waals surface area contributed by atoms with Gasteiger partial charge in [0.1, 0.15) is 0 Å². The predicted octanol–water partition coefficient (Wildman–Crippen LogP) is 1.63. The van der Waals surface area contributed by atoms with E-state index in [9.17, 15) is 0 Å². The van der Waals surface area contributed by atoms with Crippen molar-refractivity contribution in [2.75, 3.05) is 19.0 Å². The van der Waals surface area contributed by atoms with E-state index in [1.54, 1.807) is 0 Å². The van der Waals surface area contributed by atoms with Crippen molar-refractivity contribution < 1.29 is 5.11 Å². The Labute approximate surface area is 73.8 Å². The number of thioether (sulfide) groups is 1. The van der Waals surface area contributed by atoms with Crippen molar-refractivity contribution in [3.05, 3.63) is 10.6 Å². The van der Waals surface area contributed by atoms with Crippen LogP contribution in [0.3, 0.4) is 0 Å². The van der Waals surface area contributed by atoms with Crippen LogP contribution in [0.25, 0.3) is 0 Å². The lowest BCUT2D eigenvalue weighted by Gasteiger charge is -2.15. The first kappa shape index (κ1) is 7.50. The molecule has 1 aliphatic heterocycles. The Balaban J connectivity index is 2.46. The first-order chi connectivity index (χ1) is 5.79. The van der Waals surface area contributed by atoms with Gasteiger partial charge in [0.25, 0.3) is 0 Å². The minimum absolute atomic E-state index is 0.511. The molecule has 0 amide bonds. The molecule has 0 saturated carbocycles. The summed E-state index contributed by atoms with van der Waals surface area (Å²) < 4.78 is 6.58. The van der Waals surface area contributed by atoms with Crippen molar-refractivity contribution in [2.45, 2.75) is 20.3 Å². The zero-order valence-electron chi connectivity index (χ0n) is 8.09. The molecule has 0 unspecified atom stereocenters. The molecule has 0 saturated heterocycles. The second-order valence-electron chi connectivity index (χ2n) is 2.59. The SMILES string of the molecule is [2H]OCCC1=C(C)N(CC)CS1. The van der Waals surface area contributed by atoms with E-state index in [0.29, 0.717) is 6.61 Å². The number of hydrogen-bond donors (Lipinski definition) is 1. The van der Waals surface area contributed by atoms with Gasteiger partial charge in [-0.3, -0.25) is 0 Å². The number of aliphatic hydroxyl groups excluding tert-OH is 1. The van der Waals surface area contributed by atoms with Gasteiger partial charge in [0.05, 0.1) is 5.88 Å². The summed E-state index contributed by atoms with van der Waals surface area (Å²) in [6, 6.07) is 0. The summed E-state index contributed by atoms with van der Waals surface area (Å²) in [4.78, 5) is 3.72. The maximum absolute atomic E-state index is 6.58. The second kappa shape index (κ2) is 4.02. The average molecular weight is 174 g/mol. The molecule has 0 aromatic carbocycles. The molecule has 0 bridgehead atoms. The largest absolute Gasteiger partial charge is 0.396 e. The fourth-order valence-electron chi connectivity index (χ4n) is 1.21. The molecule has 1 N–H and O–H groups in total. The van der Waals surface area contributed by atoms with Gasteiger partial charge in [-0.05, 0) is 13.8 Å². The Morgan fingerprint density at radius 2 is 2.64 bits per heavy atom. The van der Waals surface area contributed by atoms with Crippen LogP contribution in [0.2, 0.25) is 0 Å². The molecule has 0 aliphatic carbocycles. The van der Waals surface area contributed by atoms with Crippen LogP contribution in [0.5, 0.6) is 0 Å². The summed E-state index contributed by atoms with van der Waals surface area (Å²) in [7, 11) is 0. The number of hydrogen-bond acceptors (Lipinski definition) is 3. The molecule has 1 rings (SSSR count). The smallest absolute Gasteiger partial charge is 0.210 e. The summed E-state index contributed by atoms with van der Waals surface area (Å²) in [5.74, 6) is 1.07. The van der Waals surface area contributed by atoms with Crippen molar-refractivity contribution in [3.63, 3.8) is 0 Å². The Morgan fingerprint density at radius 1 is 1.82 bits per heavy atom. The maximum Gasteiger partial charge on any atom is 0.210 e. The van der Waals surface area contributed by atoms with Gasteiger partial charge in [0.2, 0.25) is 1.43 Å². The quantitative estimate of drug-likeness (QED) is 0.700. The van der Waals surface area contributed by atoms with Gasteiger partial charge < -0.3 is 10.0 Å². The fourth-order valence-corrected chi connectivity index (χ4v) is 2.46. The number of allylic oxidation sites excluding steroid dienone is 1. The molecule has 0 radical (unpaired) electrons. The van der Waals surface area contributed by atoms with E-state index in [2.05, 4.69) is 23.9 Å². The molecule has 0 fully saturated rings. The lowest BCUT2D eigenvalue weighted by molar-refractivity contribution is 0.300. The summed E-state index contributed by atoms with van der Waals surface area (Å²) in [6.45, 7) is 5.89. The Kier molecular flexibility index (Phi) is 2.74. The Hall–Kier alpha value is -0.150. The van der Waals surface area contributed by atoms with E-state index < -0.39 is 0 Å². The van der Waals surface area contributed by atoms with Crippen LogP contribution < -0.4 is 0 Å². The van der Waals surface area contributed by atoms with Crippen molar-refractivity contribution in [1.82, 2.24) is 4.90 Å². The fraction of sp³-hybridized carbons (Fsp3) is 0.750. The number of aliphatic hydroxyl groups is 1. The van der Waals surface area contributed by atoms with Gasteiger partial charge in [-0.1, -0.05) is 0 Å².